The molecule has 0 saturated carbocycles. The molecule has 8 rings (SSSR count). The van der Waals surface area contributed by atoms with Crippen LogP contribution in [0, 0.1) is 24.1 Å². The summed E-state index contributed by atoms with van der Waals surface area (Å²) in [5.74, 6) is -5.02. The summed E-state index contributed by atoms with van der Waals surface area (Å²) >= 11 is 0. The third-order valence-electron chi connectivity index (χ3n) is 14.5. The van der Waals surface area contributed by atoms with Gasteiger partial charge in [0.05, 0.1) is 60.6 Å². The Hall–Kier alpha value is -7.35. The molecule has 5 heterocycles. The Kier molecular flexibility index (Phi) is 15.0. The van der Waals surface area contributed by atoms with Crippen molar-refractivity contribution >= 4 is 58.2 Å². The van der Waals surface area contributed by atoms with E-state index in [1.54, 1.807) is 50.2 Å². The molecule has 19 nitrogen and oxygen atoms in total. The molecule has 0 bridgehead atoms. The minimum Gasteiger partial charge on any atom is -0.458 e. The normalized spacial score (nSPS) is 19.1. The maximum absolute atomic E-state index is 15.4. The lowest BCUT2D eigenvalue weighted by Crippen LogP contribution is -2.52. The van der Waals surface area contributed by atoms with Gasteiger partial charge in [0.25, 0.3) is 5.56 Å². The number of carbonyl (C=O) groups is 8. The van der Waals surface area contributed by atoms with Gasteiger partial charge in [-0.05, 0) is 72.8 Å². The Morgan fingerprint density at radius 3 is 2.33 bits per heavy atom. The minimum atomic E-state index is -2.06. The molecule has 4 aliphatic rings. The predicted molar refractivity (Wildman–Crippen MR) is 262 cm³/mol. The number of cyclic esters (lactones) is 1. The number of fused-ring (bicyclic) bond motifs is 5. The Morgan fingerprint density at radius 1 is 0.904 bits per heavy atom. The van der Waals surface area contributed by atoms with Gasteiger partial charge in [0.1, 0.15) is 18.5 Å². The Balaban J connectivity index is 0.868. The first-order valence-corrected chi connectivity index (χ1v) is 24.8. The van der Waals surface area contributed by atoms with Gasteiger partial charge < -0.3 is 41.0 Å². The van der Waals surface area contributed by atoms with Crippen LogP contribution >= 0.6 is 0 Å². The maximum Gasteiger partial charge on any atom is 0.343 e. The van der Waals surface area contributed by atoms with Crippen LogP contribution in [0.4, 0.5) is 4.39 Å². The fourth-order valence-corrected chi connectivity index (χ4v) is 10.4. The third kappa shape index (κ3) is 10.6. The highest BCUT2D eigenvalue weighted by Gasteiger charge is 2.47. The molecule has 2 aromatic heterocycles. The summed E-state index contributed by atoms with van der Waals surface area (Å²) in [6.07, 6.45) is 2.65. The zero-order valence-corrected chi connectivity index (χ0v) is 41.6. The smallest absolute Gasteiger partial charge is 0.343 e. The van der Waals surface area contributed by atoms with E-state index < -0.39 is 78.3 Å². The summed E-state index contributed by atoms with van der Waals surface area (Å²) in [4.78, 5) is 124. The molecule has 2 aromatic carbocycles. The first-order chi connectivity index (χ1) is 34.7. The Bertz CT molecular complexity index is 3010. The average Bonchev–Trinajstić information content (AvgIpc) is 3.88. The predicted octanol–water partition coefficient (Wildman–Crippen LogP) is 2.69. The highest BCUT2D eigenvalue weighted by molar-refractivity contribution is 6.04. The largest absolute Gasteiger partial charge is 0.458 e. The van der Waals surface area contributed by atoms with Gasteiger partial charge in [-0.2, -0.15) is 0 Å². The number of amides is 7. The van der Waals surface area contributed by atoms with Gasteiger partial charge >= 0.3 is 5.97 Å². The number of aromatic nitrogens is 2. The first kappa shape index (κ1) is 52.0. The van der Waals surface area contributed by atoms with Crippen molar-refractivity contribution in [3.8, 4) is 11.4 Å². The van der Waals surface area contributed by atoms with Gasteiger partial charge in [0.2, 0.25) is 41.4 Å². The zero-order chi connectivity index (χ0) is 52.5. The Labute approximate surface area is 420 Å². The van der Waals surface area contributed by atoms with Crippen LogP contribution in [-0.4, -0.2) is 99.1 Å². The number of pyridine rings is 2. The highest BCUT2D eigenvalue weighted by Crippen LogP contribution is 2.46. The fourth-order valence-electron chi connectivity index (χ4n) is 10.4. The van der Waals surface area contributed by atoms with E-state index in [-0.39, 0.29) is 79.0 Å². The van der Waals surface area contributed by atoms with Crippen molar-refractivity contribution in [2.45, 2.75) is 123 Å². The van der Waals surface area contributed by atoms with E-state index in [9.17, 15) is 48.3 Å². The molecule has 7 amide bonds. The standard InChI is InChI=1S/C53H61FN8O11/c1-6-53(72)33-20-39-47-31(26-62(39)49(69)32(33)27-73-51(53)71)46-36(17-16-30-28(2)35(54)22-37(60-47)45(30)46)58-43(66)25-57-48(68)38(19-29-13-9-7-10-14-29)59-42(65)24-56-41(64)23-55-40(63)15-11-8-12-18-61-44(67)21-34(50(61)70)52(3,4)5/h7,9-10,13-14,20,22,34,36,38,72H,6,8,11-12,15-19,21,23-27H2,1-5H3,(H,55,63)(H,56,64)(H,57,68)(H,58,66)(H,59,65)/t34?,36-,38?,53-/m1/s1. The number of likely N-dealkylation sites (tertiary alicyclic amines) is 1. The van der Waals surface area contributed by atoms with Gasteiger partial charge in [-0.25, -0.2) is 14.2 Å². The van der Waals surface area contributed by atoms with Crippen LogP contribution in [0.3, 0.4) is 0 Å². The van der Waals surface area contributed by atoms with E-state index >= 15 is 4.39 Å². The second kappa shape index (κ2) is 21.0. The molecule has 386 valence electrons. The Morgan fingerprint density at radius 2 is 1.62 bits per heavy atom. The van der Waals surface area contributed by atoms with E-state index in [0.29, 0.717) is 88.8 Å². The maximum atomic E-state index is 15.4. The highest BCUT2D eigenvalue weighted by atomic mass is 19.1. The molecule has 4 aromatic rings. The lowest BCUT2D eigenvalue weighted by molar-refractivity contribution is -0.172. The van der Waals surface area contributed by atoms with E-state index in [4.69, 9.17) is 9.72 Å². The fraction of sp³-hybridized carbons (Fsp3) is 0.472. The number of benzene rings is 2. The number of nitrogens with one attached hydrogen (secondary N) is 5. The third-order valence-corrected chi connectivity index (χ3v) is 14.5. The van der Waals surface area contributed by atoms with E-state index in [1.165, 1.54) is 15.5 Å². The van der Waals surface area contributed by atoms with Gasteiger partial charge in [0.15, 0.2) is 5.60 Å². The number of aliphatic hydroxyl groups is 1. The second-order valence-corrected chi connectivity index (χ2v) is 20.4. The molecule has 0 radical (unpaired) electrons. The number of ether oxygens (including phenoxy) is 1. The van der Waals surface area contributed by atoms with Crippen molar-refractivity contribution in [2.75, 3.05) is 26.2 Å². The van der Waals surface area contributed by atoms with Crippen molar-refractivity contribution in [2.24, 2.45) is 11.3 Å². The molecule has 1 aliphatic carbocycles. The van der Waals surface area contributed by atoms with Crippen LogP contribution in [0.2, 0.25) is 0 Å². The van der Waals surface area contributed by atoms with Crippen LogP contribution < -0.4 is 32.1 Å². The van der Waals surface area contributed by atoms with Crippen LogP contribution in [0.25, 0.3) is 22.3 Å². The number of imide groups is 1. The van der Waals surface area contributed by atoms with Crippen LogP contribution in [0.1, 0.15) is 118 Å². The number of unbranched alkanes of at least 4 members (excludes halogenated alkanes) is 2. The minimum absolute atomic E-state index is 0.0390. The van der Waals surface area contributed by atoms with Gasteiger partial charge in [-0.15, -0.1) is 0 Å². The number of nitrogens with zero attached hydrogens (tertiary/aromatic N) is 3. The van der Waals surface area contributed by atoms with Gasteiger partial charge in [-0.3, -0.25) is 43.3 Å². The second-order valence-electron chi connectivity index (χ2n) is 20.4. The quantitative estimate of drug-likeness (QED) is 0.0421. The first-order valence-electron chi connectivity index (χ1n) is 24.8. The molecule has 2 unspecified atom stereocenters. The van der Waals surface area contributed by atoms with Gasteiger partial charge in [-0.1, -0.05) is 64.4 Å². The molecule has 1 fully saturated rings. The lowest BCUT2D eigenvalue weighted by atomic mass is 9.80. The topological polar surface area (TPSA) is 264 Å². The number of carbonyl (C=O) groups excluding carboxylic acids is 8. The van der Waals surface area contributed by atoms with Crippen LogP contribution in [0.5, 0.6) is 0 Å². The summed E-state index contributed by atoms with van der Waals surface area (Å²) in [6.45, 7) is 7.68. The summed E-state index contributed by atoms with van der Waals surface area (Å²) in [6, 6.07) is 9.90. The van der Waals surface area contributed by atoms with Crippen molar-refractivity contribution in [1.82, 2.24) is 41.0 Å². The van der Waals surface area contributed by atoms with Crippen molar-refractivity contribution < 1.29 is 52.6 Å². The number of halogens is 1. The lowest BCUT2D eigenvalue weighted by Gasteiger charge is -2.31. The van der Waals surface area contributed by atoms with Crippen LogP contribution in [-0.2, 0) is 74.7 Å². The van der Waals surface area contributed by atoms with E-state index in [1.807, 2.05) is 20.8 Å². The van der Waals surface area contributed by atoms with Crippen LogP contribution in [0.15, 0.2) is 47.3 Å². The molecule has 6 N–H and O–H groups in total. The number of aryl methyl sites for hydroxylation is 1. The number of hydrogen-bond acceptors (Lipinski definition) is 12. The van der Waals surface area contributed by atoms with E-state index in [2.05, 4.69) is 26.6 Å². The molecule has 4 atom stereocenters. The summed E-state index contributed by atoms with van der Waals surface area (Å²) in [5.41, 5.74) is 1.47. The number of rotatable bonds is 18. The number of esters is 1. The summed E-state index contributed by atoms with van der Waals surface area (Å²) < 4.78 is 22.1. The van der Waals surface area contributed by atoms with E-state index in [0.717, 1.165) is 0 Å². The van der Waals surface area contributed by atoms with Gasteiger partial charge in [0, 0.05) is 48.4 Å². The SMILES string of the molecule is CC[C@]1(O)C(=O)OCc2c1cc1n(c2=O)Cc2c-1nc1cc(F)c(C)c3c1c2[C@H](NC(=O)CNC(=O)C(Cc1ccccc1)NC(=O)CNC(=O)CNC(=O)CCCCCN1C(=O)CC(C(C)(C)C)C1=O)CC3. The summed E-state index contributed by atoms with van der Waals surface area (Å²) in [7, 11) is 0. The molecule has 20 heteroatoms. The zero-order valence-electron chi connectivity index (χ0n) is 41.6. The monoisotopic (exact) mass is 1000 g/mol. The molecule has 73 heavy (non-hydrogen) atoms. The van der Waals surface area contributed by atoms with Crippen molar-refractivity contribution in [3.05, 3.63) is 97.6 Å². The molecular weight excluding hydrogens is 944 g/mol. The average molecular weight is 1010 g/mol. The van der Waals surface area contributed by atoms with Crippen molar-refractivity contribution in [3.63, 3.8) is 0 Å². The van der Waals surface area contributed by atoms with Crippen molar-refractivity contribution in [1.29, 1.82) is 0 Å². The number of hydrogen-bond donors (Lipinski definition) is 6. The summed E-state index contributed by atoms with van der Waals surface area (Å²) in [5, 5.41) is 25.3. The molecule has 1 saturated heterocycles. The molecule has 3 aliphatic heterocycles. The molecular formula is C53H61FN8O11. The molecule has 0 spiro atoms.